The summed E-state index contributed by atoms with van der Waals surface area (Å²) >= 11 is 0. The first kappa shape index (κ1) is 13.6. The summed E-state index contributed by atoms with van der Waals surface area (Å²) in [7, 11) is 0. The summed E-state index contributed by atoms with van der Waals surface area (Å²) in [5.41, 5.74) is 1.44. The number of benzene rings is 1. The molecular formula is C17H27N. The van der Waals surface area contributed by atoms with Crippen molar-refractivity contribution >= 4 is 0 Å². The van der Waals surface area contributed by atoms with E-state index in [-0.39, 0.29) is 0 Å². The molecule has 1 heteroatoms. The third kappa shape index (κ3) is 3.58. The molecule has 0 bridgehead atoms. The van der Waals surface area contributed by atoms with Crippen molar-refractivity contribution in [3.8, 4) is 0 Å². The highest BCUT2D eigenvalue weighted by atomic mass is 15.0. The molecule has 0 heterocycles. The van der Waals surface area contributed by atoms with Crippen LogP contribution in [0.5, 0.6) is 0 Å². The van der Waals surface area contributed by atoms with Crippen molar-refractivity contribution in [1.29, 1.82) is 0 Å². The minimum Gasteiger partial charge on any atom is -0.307 e. The lowest BCUT2D eigenvalue weighted by Crippen LogP contribution is -2.37. The molecule has 1 aliphatic carbocycles. The second-order valence-corrected chi connectivity index (χ2v) is 5.76. The van der Waals surface area contributed by atoms with Crippen molar-refractivity contribution in [1.82, 2.24) is 5.32 Å². The quantitative estimate of drug-likeness (QED) is 0.758. The molecule has 0 radical (unpaired) electrons. The van der Waals surface area contributed by atoms with Crippen LogP contribution in [0.25, 0.3) is 0 Å². The van der Waals surface area contributed by atoms with Gasteiger partial charge >= 0.3 is 0 Å². The third-order valence-electron chi connectivity index (χ3n) is 4.39. The molecule has 1 nitrogen and oxygen atoms in total. The zero-order valence-electron chi connectivity index (χ0n) is 11.9. The van der Waals surface area contributed by atoms with Crippen LogP contribution in [0.3, 0.4) is 0 Å². The summed E-state index contributed by atoms with van der Waals surface area (Å²) in [6.07, 6.45) is 8.15. The van der Waals surface area contributed by atoms with Gasteiger partial charge in [-0.1, -0.05) is 63.4 Å². The lowest BCUT2D eigenvalue weighted by atomic mass is 9.94. The number of hydrogen-bond acceptors (Lipinski definition) is 1. The van der Waals surface area contributed by atoms with Gasteiger partial charge in [0.15, 0.2) is 0 Å². The van der Waals surface area contributed by atoms with E-state index in [4.69, 9.17) is 0 Å². The molecule has 3 atom stereocenters. The summed E-state index contributed by atoms with van der Waals surface area (Å²) in [6.45, 7) is 4.70. The third-order valence-corrected chi connectivity index (χ3v) is 4.39. The van der Waals surface area contributed by atoms with Crippen molar-refractivity contribution in [2.75, 3.05) is 0 Å². The molecule has 18 heavy (non-hydrogen) atoms. The van der Waals surface area contributed by atoms with Gasteiger partial charge in [0, 0.05) is 12.1 Å². The maximum Gasteiger partial charge on any atom is 0.0320 e. The van der Waals surface area contributed by atoms with Gasteiger partial charge in [-0.15, -0.1) is 0 Å². The van der Waals surface area contributed by atoms with Crippen LogP contribution in [0.4, 0.5) is 0 Å². The van der Waals surface area contributed by atoms with Crippen LogP contribution in [0.15, 0.2) is 30.3 Å². The number of hydrogen-bond donors (Lipinski definition) is 1. The Bertz CT molecular complexity index is 333. The van der Waals surface area contributed by atoms with Gasteiger partial charge in [-0.2, -0.15) is 0 Å². The van der Waals surface area contributed by atoms with Crippen LogP contribution < -0.4 is 5.32 Å². The van der Waals surface area contributed by atoms with Crippen LogP contribution in [0, 0.1) is 5.92 Å². The summed E-state index contributed by atoms with van der Waals surface area (Å²) in [5.74, 6) is 0.824. The minimum absolute atomic E-state index is 0.525. The van der Waals surface area contributed by atoms with Gasteiger partial charge in [0.25, 0.3) is 0 Å². The van der Waals surface area contributed by atoms with Crippen molar-refractivity contribution in [2.24, 2.45) is 5.92 Å². The highest BCUT2D eigenvalue weighted by Crippen LogP contribution is 2.26. The van der Waals surface area contributed by atoms with Gasteiger partial charge in [-0.3, -0.25) is 0 Å². The Morgan fingerprint density at radius 2 is 1.83 bits per heavy atom. The van der Waals surface area contributed by atoms with E-state index >= 15 is 0 Å². The molecule has 1 aliphatic rings. The molecule has 1 N–H and O–H groups in total. The molecule has 0 aliphatic heterocycles. The average Bonchev–Trinajstić information content (AvgIpc) is 2.62. The van der Waals surface area contributed by atoms with Gasteiger partial charge in [0.05, 0.1) is 0 Å². The Kier molecular flexibility index (Phi) is 5.25. The van der Waals surface area contributed by atoms with Gasteiger partial charge < -0.3 is 5.32 Å². The molecule has 1 fully saturated rings. The molecule has 2 rings (SSSR count). The van der Waals surface area contributed by atoms with Crippen molar-refractivity contribution in [3.63, 3.8) is 0 Å². The summed E-state index contributed by atoms with van der Waals surface area (Å²) in [5, 5.41) is 3.91. The highest BCUT2D eigenvalue weighted by molar-refractivity contribution is 5.18. The fourth-order valence-electron chi connectivity index (χ4n) is 3.13. The van der Waals surface area contributed by atoms with Crippen LogP contribution in [-0.2, 0) is 0 Å². The van der Waals surface area contributed by atoms with E-state index in [1.165, 1.54) is 44.1 Å². The SMILES string of the molecule is CCC(NC1CCCCCC1C)c1ccccc1. The Labute approximate surface area is 112 Å². The first-order valence-corrected chi connectivity index (χ1v) is 7.62. The Balaban J connectivity index is 2.01. The maximum atomic E-state index is 3.91. The summed E-state index contributed by atoms with van der Waals surface area (Å²) in [6, 6.07) is 12.1. The van der Waals surface area contributed by atoms with Crippen LogP contribution >= 0.6 is 0 Å². The predicted octanol–water partition coefficient (Wildman–Crippen LogP) is 4.70. The molecule has 0 spiro atoms. The summed E-state index contributed by atoms with van der Waals surface area (Å²) < 4.78 is 0. The fraction of sp³-hybridized carbons (Fsp3) is 0.647. The van der Waals surface area contributed by atoms with Crippen molar-refractivity contribution in [3.05, 3.63) is 35.9 Å². The summed E-state index contributed by atoms with van der Waals surface area (Å²) in [4.78, 5) is 0. The molecule has 0 saturated heterocycles. The van der Waals surface area contributed by atoms with E-state index < -0.39 is 0 Å². The number of nitrogens with one attached hydrogen (secondary N) is 1. The van der Waals surface area contributed by atoms with E-state index in [1.54, 1.807) is 0 Å². The van der Waals surface area contributed by atoms with Crippen LogP contribution in [0.2, 0.25) is 0 Å². The van der Waals surface area contributed by atoms with E-state index in [0.29, 0.717) is 12.1 Å². The minimum atomic E-state index is 0.525. The van der Waals surface area contributed by atoms with Gasteiger partial charge in [0.1, 0.15) is 0 Å². The molecule has 100 valence electrons. The first-order valence-electron chi connectivity index (χ1n) is 7.62. The van der Waals surface area contributed by atoms with Gasteiger partial charge in [-0.05, 0) is 30.7 Å². The molecule has 0 aromatic heterocycles. The topological polar surface area (TPSA) is 12.0 Å². The van der Waals surface area contributed by atoms with Crippen molar-refractivity contribution < 1.29 is 0 Å². The monoisotopic (exact) mass is 245 g/mol. The normalized spacial score (nSPS) is 26.6. The van der Waals surface area contributed by atoms with Crippen molar-refractivity contribution in [2.45, 2.75) is 64.5 Å². The van der Waals surface area contributed by atoms with E-state index in [2.05, 4.69) is 49.5 Å². The standard InChI is InChI=1S/C17H27N/c1-3-16(15-11-7-5-8-12-15)18-17-13-9-4-6-10-14(17)2/h5,7-8,11-12,14,16-18H,3-4,6,9-10,13H2,1-2H3. The van der Waals surface area contributed by atoms with Crippen LogP contribution in [0.1, 0.15) is 64.0 Å². The van der Waals surface area contributed by atoms with Crippen LogP contribution in [-0.4, -0.2) is 6.04 Å². The number of rotatable bonds is 4. The molecular weight excluding hydrogens is 218 g/mol. The van der Waals surface area contributed by atoms with E-state index in [9.17, 15) is 0 Å². The zero-order chi connectivity index (χ0) is 12.8. The molecule has 3 unspecified atom stereocenters. The molecule has 1 aromatic carbocycles. The highest BCUT2D eigenvalue weighted by Gasteiger charge is 2.22. The average molecular weight is 245 g/mol. The Morgan fingerprint density at radius 3 is 2.56 bits per heavy atom. The first-order chi connectivity index (χ1) is 8.81. The lowest BCUT2D eigenvalue weighted by molar-refractivity contribution is 0.318. The molecule has 1 aromatic rings. The fourth-order valence-corrected chi connectivity index (χ4v) is 3.13. The predicted molar refractivity (Wildman–Crippen MR) is 78.6 cm³/mol. The molecule has 1 saturated carbocycles. The maximum absolute atomic E-state index is 3.91. The Hall–Kier alpha value is -0.820. The van der Waals surface area contributed by atoms with Gasteiger partial charge in [-0.25, -0.2) is 0 Å². The largest absolute Gasteiger partial charge is 0.307 e. The second-order valence-electron chi connectivity index (χ2n) is 5.76. The van der Waals surface area contributed by atoms with E-state index in [0.717, 1.165) is 5.92 Å². The Morgan fingerprint density at radius 1 is 1.11 bits per heavy atom. The second kappa shape index (κ2) is 6.94. The zero-order valence-corrected chi connectivity index (χ0v) is 11.9. The molecule has 0 amide bonds. The lowest BCUT2D eigenvalue weighted by Gasteiger charge is -2.28. The van der Waals surface area contributed by atoms with E-state index in [1.807, 2.05) is 0 Å². The smallest absolute Gasteiger partial charge is 0.0320 e. The van der Waals surface area contributed by atoms with Gasteiger partial charge in [0.2, 0.25) is 0 Å².